The number of ether oxygens (including phenoxy) is 1. The Morgan fingerprint density at radius 2 is 2.16 bits per heavy atom. The zero-order chi connectivity index (χ0) is 14.3. The van der Waals surface area contributed by atoms with E-state index in [9.17, 15) is 9.59 Å². The highest BCUT2D eigenvalue weighted by Gasteiger charge is 2.21. The molecule has 1 atom stereocenters. The van der Waals surface area contributed by atoms with Crippen LogP contribution in [0.1, 0.15) is 33.1 Å². The van der Waals surface area contributed by atoms with Crippen LogP contribution in [0.25, 0.3) is 0 Å². The van der Waals surface area contributed by atoms with Crippen molar-refractivity contribution in [1.29, 1.82) is 0 Å². The maximum Gasteiger partial charge on any atom is 0.413 e. The Morgan fingerprint density at radius 3 is 2.68 bits per heavy atom. The summed E-state index contributed by atoms with van der Waals surface area (Å²) in [6.07, 6.45) is 2.89. The fourth-order valence-corrected chi connectivity index (χ4v) is 2.21. The minimum absolute atomic E-state index is 0.213. The van der Waals surface area contributed by atoms with Crippen molar-refractivity contribution < 1.29 is 14.3 Å². The molecule has 110 valence electrons. The number of nitrogens with zero attached hydrogens (tertiary/aromatic N) is 1. The van der Waals surface area contributed by atoms with Gasteiger partial charge in [0, 0.05) is 18.6 Å². The first-order valence-electron chi connectivity index (χ1n) is 6.88. The van der Waals surface area contributed by atoms with Crippen molar-refractivity contribution in [3.63, 3.8) is 0 Å². The minimum atomic E-state index is -0.704. The van der Waals surface area contributed by atoms with Gasteiger partial charge >= 0.3 is 6.09 Å². The second-order valence-electron chi connectivity index (χ2n) is 5.21. The third-order valence-electron chi connectivity index (χ3n) is 3.37. The van der Waals surface area contributed by atoms with Gasteiger partial charge in [0.25, 0.3) is 0 Å². The molecule has 0 aliphatic carbocycles. The molecule has 1 heterocycles. The predicted octanol–water partition coefficient (Wildman–Crippen LogP) is 0.721. The van der Waals surface area contributed by atoms with Gasteiger partial charge in [0.15, 0.2) is 0 Å². The predicted molar refractivity (Wildman–Crippen MR) is 72.9 cm³/mol. The van der Waals surface area contributed by atoms with E-state index in [-0.39, 0.29) is 18.5 Å². The lowest BCUT2D eigenvalue weighted by Gasteiger charge is -2.32. The van der Waals surface area contributed by atoms with E-state index in [2.05, 4.69) is 20.3 Å². The first-order chi connectivity index (χ1) is 9.02. The zero-order valence-corrected chi connectivity index (χ0v) is 12.1. The van der Waals surface area contributed by atoms with E-state index >= 15 is 0 Å². The molecule has 0 aromatic heterocycles. The summed E-state index contributed by atoms with van der Waals surface area (Å²) in [5, 5.41) is 5.65. The van der Waals surface area contributed by atoms with Gasteiger partial charge in [0.05, 0.1) is 13.7 Å². The van der Waals surface area contributed by atoms with Crippen LogP contribution < -0.4 is 10.6 Å². The molecule has 2 amide bonds. The number of amides is 2. The van der Waals surface area contributed by atoms with E-state index in [0.717, 1.165) is 19.5 Å². The summed E-state index contributed by atoms with van der Waals surface area (Å²) in [6.45, 7) is 6.19. The fraction of sp³-hybridized carbons (Fsp3) is 0.846. The number of carbonyl (C=O) groups is 2. The van der Waals surface area contributed by atoms with Crippen LogP contribution in [0.2, 0.25) is 0 Å². The number of carbonyl (C=O) groups excluding carboxylic acids is 2. The number of alkyl carbamates (subject to hydrolysis) is 1. The molecule has 1 aliphatic heterocycles. The second-order valence-corrected chi connectivity index (χ2v) is 5.21. The Hall–Kier alpha value is -1.14. The highest BCUT2D eigenvalue weighted by molar-refractivity contribution is 5.92. The van der Waals surface area contributed by atoms with E-state index in [1.807, 2.05) is 13.8 Å². The lowest BCUT2D eigenvalue weighted by Crippen LogP contribution is -2.49. The van der Waals surface area contributed by atoms with E-state index in [0.29, 0.717) is 6.04 Å². The van der Waals surface area contributed by atoms with Gasteiger partial charge in [0.2, 0.25) is 5.91 Å². The van der Waals surface area contributed by atoms with Crippen LogP contribution >= 0.6 is 0 Å². The Bertz CT molecular complexity index is 302. The minimum Gasteiger partial charge on any atom is -0.453 e. The van der Waals surface area contributed by atoms with Crippen LogP contribution in [-0.2, 0) is 9.53 Å². The van der Waals surface area contributed by atoms with E-state index in [1.165, 1.54) is 20.0 Å². The Morgan fingerprint density at radius 1 is 1.42 bits per heavy atom. The van der Waals surface area contributed by atoms with Gasteiger partial charge in [0.1, 0.15) is 0 Å². The monoisotopic (exact) mass is 271 g/mol. The summed E-state index contributed by atoms with van der Waals surface area (Å²) in [4.78, 5) is 24.7. The van der Waals surface area contributed by atoms with Crippen molar-refractivity contribution in [2.45, 2.75) is 45.2 Å². The molecule has 0 saturated carbocycles. The van der Waals surface area contributed by atoms with Crippen LogP contribution in [0.3, 0.4) is 0 Å². The highest BCUT2D eigenvalue weighted by atomic mass is 16.5. The summed E-state index contributed by atoms with van der Waals surface area (Å²) >= 11 is 0. The molecule has 2 N–H and O–H groups in total. The van der Waals surface area contributed by atoms with Crippen molar-refractivity contribution >= 4 is 12.0 Å². The van der Waals surface area contributed by atoms with Gasteiger partial charge in [-0.2, -0.15) is 0 Å². The fourth-order valence-electron chi connectivity index (χ4n) is 2.21. The van der Waals surface area contributed by atoms with Gasteiger partial charge < -0.3 is 10.1 Å². The third kappa shape index (κ3) is 6.02. The van der Waals surface area contributed by atoms with E-state index < -0.39 is 6.09 Å². The lowest BCUT2D eigenvalue weighted by atomic mass is 10.0. The van der Waals surface area contributed by atoms with E-state index in [1.54, 1.807) is 0 Å². The Balaban J connectivity index is 2.43. The molecule has 6 heteroatoms. The molecule has 0 aromatic rings. The van der Waals surface area contributed by atoms with Crippen molar-refractivity contribution in [3.8, 4) is 0 Å². The number of rotatable bonds is 5. The standard InChI is InChI=1S/C13H25N3O3/c1-10(2)16(8-11-6-4-5-7-14-11)9-12(17)15-13(18)19-3/h10-11,14H,4-9H2,1-3H3,(H,15,17,18). The van der Waals surface area contributed by atoms with Crippen molar-refractivity contribution in [1.82, 2.24) is 15.5 Å². The molecule has 0 bridgehead atoms. The second kappa shape index (κ2) is 8.12. The van der Waals surface area contributed by atoms with Crippen LogP contribution in [0.5, 0.6) is 0 Å². The topological polar surface area (TPSA) is 70.7 Å². The summed E-state index contributed by atoms with van der Waals surface area (Å²) in [5.74, 6) is -0.323. The van der Waals surface area contributed by atoms with Crippen molar-refractivity contribution in [2.75, 3.05) is 26.7 Å². The highest BCUT2D eigenvalue weighted by Crippen LogP contribution is 2.10. The quantitative estimate of drug-likeness (QED) is 0.771. The average Bonchev–Trinajstić information content (AvgIpc) is 2.38. The molecular formula is C13H25N3O3. The molecule has 19 heavy (non-hydrogen) atoms. The van der Waals surface area contributed by atoms with Crippen LogP contribution in [0.4, 0.5) is 4.79 Å². The molecular weight excluding hydrogens is 246 g/mol. The average molecular weight is 271 g/mol. The summed E-state index contributed by atoms with van der Waals surface area (Å²) in [6, 6.07) is 0.689. The maximum absolute atomic E-state index is 11.7. The molecule has 0 spiro atoms. The molecule has 1 fully saturated rings. The van der Waals surface area contributed by atoms with Crippen LogP contribution in [0, 0.1) is 0 Å². The van der Waals surface area contributed by atoms with Gasteiger partial charge in [-0.05, 0) is 33.2 Å². The normalized spacial score (nSPS) is 19.5. The molecule has 1 unspecified atom stereocenters. The smallest absolute Gasteiger partial charge is 0.413 e. The van der Waals surface area contributed by atoms with Gasteiger partial charge in [-0.25, -0.2) is 4.79 Å². The van der Waals surface area contributed by atoms with Gasteiger partial charge in [-0.1, -0.05) is 6.42 Å². The number of methoxy groups -OCH3 is 1. The lowest BCUT2D eigenvalue weighted by molar-refractivity contribution is -0.122. The summed E-state index contributed by atoms with van der Waals surface area (Å²) < 4.78 is 4.41. The molecule has 6 nitrogen and oxygen atoms in total. The Labute approximate surface area is 114 Å². The Kier molecular flexibility index (Phi) is 6.80. The zero-order valence-electron chi connectivity index (χ0n) is 12.1. The molecule has 0 radical (unpaired) electrons. The van der Waals surface area contributed by atoms with Crippen molar-refractivity contribution in [3.05, 3.63) is 0 Å². The molecule has 0 aromatic carbocycles. The summed E-state index contributed by atoms with van der Waals surface area (Å²) in [5.41, 5.74) is 0. The molecule has 1 saturated heterocycles. The first kappa shape index (κ1) is 15.9. The number of imide groups is 1. The van der Waals surface area contributed by atoms with Crippen molar-refractivity contribution in [2.24, 2.45) is 0 Å². The summed E-state index contributed by atoms with van der Waals surface area (Å²) in [7, 11) is 1.24. The van der Waals surface area contributed by atoms with Gasteiger partial charge in [-0.15, -0.1) is 0 Å². The van der Waals surface area contributed by atoms with Gasteiger partial charge in [-0.3, -0.25) is 15.0 Å². The van der Waals surface area contributed by atoms with E-state index in [4.69, 9.17) is 0 Å². The first-order valence-corrected chi connectivity index (χ1v) is 6.88. The number of piperidine rings is 1. The van der Waals surface area contributed by atoms with Crippen LogP contribution in [0.15, 0.2) is 0 Å². The maximum atomic E-state index is 11.7. The SMILES string of the molecule is COC(=O)NC(=O)CN(CC1CCCCN1)C(C)C. The number of hydrogen-bond donors (Lipinski definition) is 2. The molecule has 1 rings (SSSR count). The number of nitrogens with one attached hydrogen (secondary N) is 2. The van der Waals surface area contributed by atoms with Crippen LogP contribution in [-0.4, -0.2) is 55.7 Å². The largest absolute Gasteiger partial charge is 0.453 e. The molecule has 1 aliphatic rings. The third-order valence-corrected chi connectivity index (χ3v) is 3.37. The number of hydrogen-bond acceptors (Lipinski definition) is 5.